The fourth-order valence-corrected chi connectivity index (χ4v) is 4.21. The first kappa shape index (κ1) is 19.4. The Bertz CT molecular complexity index is 1350. The molecule has 0 radical (unpaired) electrons. The summed E-state index contributed by atoms with van der Waals surface area (Å²) in [5.74, 6) is -2.25. The Balaban J connectivity index is 1.39. The standard InChI is InChI=1S/C22H21FN6O2/c23-16-9-14-4-3-12(7-17(14)28-20(16)25)1-2-13-8-18(22(30,31)10-13)29-6-5-15-19(24)26-11-27-21(15)29/h3-9,11,18,30-31H,1-2,10H2,(H2,25,28)(H2,24,26,27)/t18-/m1/s1. The van der Waals surface area contributed by atoms with E-state index in [1.165, 1.54) is 12.4 Å². The van der Waals surface area contributed by atoms with Crippen LogP contribution >= 0.6 is 0 Å². The highest BCUT2D eigenvalue weighted by Crippen LogP contribution is 2.39. The lowest BCUT2D eigenvalue weighted by atomic mass is 10.0. The second-order valence-corrected chi connectivity index (χ2v) is 7.93. The second-order valence-electron chi connectivity index (χ2n) is 7.93. The number of hydrogen-bond acceptors (Lipinski definition) is 7. The molecule has 1 aromatic carbocycles. The van der Waals surface area contributed by atoms with Crippen LogP contribution in [0.5, 0.6) is 0 Å². The average Bonchev–Trinajstić information content (AvgIpc) is 3.28. The van der Waals surface area contributed by atoms with Gasteiger partial charge in [-0.2, -0.15) is 0 Å². The molecule has 1 atom stereocenters. The van der Waals surface area contributed by atoms with Gasteiger partial charge in [0, 0.05) is 18.0 Å². The number of anilines is 2. The van der Waals surface area contributed by atoms with E-state index in [2.05, 4.69) is 15.0 Å². The third-order valence-corrected chi connectivity index (χ3v) is 5.79. The first-order chi connectivity index (χ1) is 14.8. The van der Waals surface area contributed by atoms with Crippen molar-refractivity contribution in [2.24, 2.45) is 0 Å². The maximum Gasteiger partial charge on any atom is 0.191 e. The molecule has 0 fully saturated rings. The van der Waals surface area contributed by atoms with Crippen LogP contribution in [0.15, 0.2) is 54.5 Å². The summed E-state index contributed by atoms with van der Waals surface area (Å²) < 4.78 is 15.3. The van der Waals surface area contributed by atoms with Gasteiger partial charge >= 0.3 is 0 Å². The van der Waals surface area contributed by atoms with E-state index in [1.807, 2.05) is 24.3 Å². The number of hydrogen-bond donors (Lipinski definition) is 4. The number of rotatable bonds is 4. The average molecular weight is 420 g/mol. The number of aliphatic hydroxyl groups is 2. The molecule has 1 aliphatic rings. The smallest absolute Gasteiger partial charge is 0.191 e. The highest BCUT2D eigenvalue weighted by molar-refractivity contribution is 5.86. The summed E-state index contributed by atoms with van der Waals surface area (Å²) in [6, 6.07) is 8.05. The Labute approximate surface area is 176 Å². The van der Waals surface area contributed by atoms with Crippen LogP contribution in [0, 0.1) is 5.82 Å². The van der Waals surface area contributed by atoms with Crippen LogP contribution in [-0.2, 0) is 6.42 Å². The molecule has 4 aromatic rings. The van der Waals surface area contributed by atoms with Crippen LogP contribution in [0.3, 0.4) is 0 Å². The van der Waals surface area contributed by atoms with E-state index in [-0.39, 0.29) is 12.2 Å². The van der Waals surface area contributed by atoms with Crippen molar-refractivity contribution >= 4 is 33.6 Å². The van der Waals surface area contributed by atoms with Gasteiger partial charge in [0.1, 0.15) is 23.8 Å². The Kier molecular flexibility index (Phi) is 4.38. The molecule has 3 aromatic heterocycles. The summed E-state index contributed by atoms with van der Waals surface area (Å²) >= 11 is 0. The fraction of sp³-hybridized carbons (Fsp3) is 0.227. The van der Waals surface area contributed by atoms with Crippen molar-refractivity contribution in [3.8, 4) is 0 Å². The van der Waals surface area contributed by atoms with Gasteiger partial charge in [-0.05, 0) is 36.6 Å². The van der Waals surface area contributed by atoms with Crippen molar-refractivity contribution in [1.82, 2.24) is 19.5 Å². The molecule has 0 saturated carbocycles. The number of nitrogens with zero attached hydrogens (tertiary/aromatic N) is 4. The Morgan fingerprint density at radius 3 is 2.77 bits per heavy atom. The third-order valence-electron chi connectivity index (χ3n) is 5.79. The Morgan fingerprint density at radius 1 is 1.10 bits per heavy atom. The number of nitrogen functional groups attached to an aromatic ring is 2. The molecule has 5 rings (SSSR count). The molecule has 9 heteroatoms. The topological polar surface area (TPSA) is 136 Å². The molecular formula is C22H21FN6O2. The molecule has 0 amide bonds. The predicted molar refractivity (Wildman–Crippen MR) is 115 cm³/mol. The minimum atomic E-state index is -1.93. The number of aryl methyl sites for hydroxylation is 1. The van der Waals surface area contributed by atoms with Crippen LogP contribution in [0.25, 0.3) is 21.9 Å². The zero-order valence-electron chi connectivity index (χ0n) is 16.5. The van der Waals surface area contributed by atoms with E-state index in [0.29, 0.717) is 40.6 Å². The van der Waals surface area contributed by atoms with E-state index in [0.717, 1.165) is 11.1 Å². The summed E-state index contributed by atoms with van der Waals surface area (Å²) in [6.07, 6.45) is 6.39. The minimum absolute atomic E-state index is 0.125. The normalized spacial score (nSPS) is 18.0. The lowest BCUT2D eigenvalue weighted by Gasteiger charge is -2.25. The number of fused-ring (bicyclic) bond motifs is 2. The molecule has 0 saturated heterocycles. The van der Waals surface area contributed by atoms with E-state index in [4.69, 9.17) is 11.5 Å². The molecule has 8 nitrogen and oxygen atoms in total. The predicted octanol–water partition coefficient (Wildman–Crippen LogP) is 2.47. The van der Waals surface area contributed by atoms with Gasteiger partial charge in [-0.1, -0.05) is 23.8 Å². The van der Waals surface area contributed by atoms with Crippen LogP contribution < -0.4 is 11.5 Å². The molecule has 0 bridgehead atoms. The van der Waals surface area contributed by atoms with Crippen LogP contribution in [0.2, 0.25) is 0 Å². The highest BCUT2D eigenvalue weighted by Gasteiger charge is 2.41. The van der Waals surface area contributed by atoms with E-state index in [9.17, 15) is 14.6 Å². The number of halogens is 1. The molecule has 0 unspecified atom stereocenters. The molecule has 0 spiro atoms. The number of benzene rings is 1. The fourth-order valence-electron chi connectivity index (χ4n) is 4.21. The molecule has 31 heavy (non-hydrogen) atoms. The van der Waals surface area contributed by atoms with Gasteiger partial charge in [-0.15, -0.1) is 0 Å². The minimum Gasteiger partial charge on any atom is -0.383 e. The molecular weight excluding hydrogens is 399 g/mol. The first-order valence-corrected chi connectivity index (χ1v) is 9.88. The van der Waals surface area contributed by atoms with Gasteiger partial charge in [-0.25, -0.2) is 19.3 Å². The van der Waals surface area contributed by atoms with Gasteiger partial charge in [0.05, 0.1) is 10.9 Å². The van der Waals surface area contributed by atoms with Crippen molar-refractivity contribution in [2.45, 2.75) is 31.1 Å². The quantitative estimate of drug-likeness (QED) is 0.294. The Morgan fingerprint density at radius 2 is 1.94 bits per heavy atom. The van der Waals surface area contributed by atoms with Gasteiger partial charge < -0.3 is 26.2 Å². The summed E-state index contributed by atoms with van der Waals surface area (Å²) in [5, 5.41) is 22.7. The number of nitrogens with two attached hydrogens (primary N) is 2. The van der Waals surface area contributed by atoms with Crippen molar-refractivity contribution < 1.29 is 14.6 Å². The summed E-state index contributed by atoms with van der Waals surface area (Å²) in [5.41, 5.74) is 14.6. The Hall–Kier alpha value is -3.56. The number of pyridine rings is 1. The zero-order valence-corrected chi connectivity index (χ0v) is 16.5. The van der Waals surface area contributed by atoms with Crippen LogP contribution in [0.4, 0.5) is 16.0 Å². The largest absolute Gasteiger partial charge is 0.383 e. The van der Waals surface area contributed by atoms with Gasteiger partial charge in [-0.3, -0.25) is 0 Å². The van der Waals surface area contributed by atoms with E-state index in [1.54, 1.807) is 16.8 Å². The second kappa shape index (κ2) is 7.00. The molecule has 158 valence electrons. The highest BCUT2D eigenvalue weighted by atomic mass is 19.1. The number of aromatic nitrogens is 4. The lowest BCUT2D eigenvalue weighted by Crippen LogP contribution is -2.35. The van der Waals surface area contributed by atoms with Gasteiger partial charge in [0.15, 0.2) is 17.4 Å². The maximum atomic E-state index is 13.6. The third kappa shape index (κ3) is 3.37. The summed E-state index contributed by atoms with van der Waals surface area (Å²) in [4.78, 5) is 12.3. The maximum absolute atomic E-state index is 13.6. The van der Waals surface area contributed by atoms with Gasteiger partial charge in [0.2, 0.25) is 0 Å². The van der Waals surface area contributed by atoms with Gasteiger partial charge in [0.25, 0.3) is 0 Å². The molecule has 1 aliphatic carbocycles. The van der Waals surface area contributed by atoms with Crippen LogP contribution in [0.1, 0.15) is 24.4 Å². The van der Waals surface area contributed by atoms with Crippen molar-refractivity contribution in [3.63, 3.8) is 0 Å². The summed E-state index contributed by atoms with van der Waals surface area (Å²) in [6.45, 7) is 0. The SMILES string of the molecule is Nc1nc2cc(CCC3=C[C@@H](n4ccc5c(N)ncnc54)C(O)(O)C3)ccc2cc1F. The van der Waals surface area contributed by atoms with Crippen LogP contribution in [-0.4, -0.2) is 35.5 Å². The monoisotopic (exact) mass is 420 g/mol. The van der Waals surface area contributed by atoms with Crippen molar-refractivity contribution in [2.75, 3.05) is 11.5 Å². The van der Waals surface area contributed by atoms with E-state index >= 15 is 0 Å². The lowest BCUT2D eigenvalue weighted by molar-refractivity contribution is -0.174. The summed E-state index contributed by atoms with van der Waals surface area (Å²) in [7, 11) is 0. The van der Waals surface area contributed by atoms with E-state index < -0.39 is 17.6 Å². The zero-order chi connectivity index (χ0) is 21.8. The molecule has 3 heterocycles. The first-order valence-electron chi connectivity index (χ1n) is 9.88. The van der Waals surface area contributed by atoms with Crippen molar-refractivity contribution in [3.05, 3.63) is 65.9 Å². The van der Waals surface area contributed by atoms with Crippen molar-refractivity contribution in [1.29, 1.82) is 0 Å². The molecule has 0 aliphatic heterocycles. The molecule has 6 N–H and O–H groups in total.